The van der Waals surface area contributed by atoms with Gasteiger partial charge < -0.3 is 9.67 Å². The zero-order valence-electron chi connectivity index (χ0n) is 15.2. The molecule has 3 aromatic rings. The van der Waals surface area contributed by atoms with Crippen LogP contribution in [0.15, 0.2) is 65.6 Å². The van der Waals surface area contributed by atoms with Crippen LogP contribution in [0.25, 0.3) is 0 Å². The SMILES string of the molecule is O=c1cc2n(cc1O)CC(Cc1ccccc1)N(Cc1c(Cl)cccc1Cl)C2. The number of fused-ring (bicyclic) bond motifs is 1. The largest absolute Gasteiger partial charge is 0.503 e. The quantitative estimate of drug-likeness (QED) is 0.683. The van der Waals surface area contributed by atoms with E-state index in [9.17, 15) is 9.90 Å². The molecule has 0 bridgehead atoms. The van der Waals surface area contributed by atoms with E-state index in [1.807, 2.05) is 41.0 Å². The van der Waals surface area contributed by atoms with E-state index in [0.717, 1.165) is 17.7 Å². The van der Waals surface area contributed by atoms with Gasteiger partial charge in [-0.3, -0.25) is 9.69 Å². The first-order chi connectivity index (χ1) is 13.5. The Morgan fingerprint density at radius 3 is 2.46 bits per heavy atom. The fourth-order valence-electron chi connectivity index (χ4n) is 3.74. The average Bonchev–Trinajstić information content (AvgIpc) is 2.67. The van der Waals surface area contributed by atoms with Crippen molar-refractivity contribution >= 4 is 23.2 Å². The number of nitrogens with zero attached hydrogens (tertiary/aromatic N) is 2. The van der Waals surface area contributed by atoms with Gasteiger partial charge in [0.15, 0.2) is 5.75 Å². The second-order valence-electron chi connectivity index (χ2n) is 7.12. The molecular formula is C22H20Cl2N2O2. The maximum atomic E-state index is 11.9. The molecule has 4 nitrogen and oxygen atoms in total. The smallest absolute Gasteiger partial charge is 0.223 e. The Balaban J connectivity index is 1.69. The summed E-state index contributed by atoms with van der Waals surface area (Å²) in [5.41, 5.74) is 2.63. The van der Waals surface area contributed by atoms with Crippen molar-refractivity contribution in [3.63, 3.8) is 0 Å². The third kappa shape index (κ3) is 3.95. The number of hydrogen-bond acceptors (Lipinski definition) is 3. The molecule has 2 heterocycles. The van der Waals surface area contributed by atoms with E-state index < -0.39 is 0 Å². The summed E-state index contributed by atoms with van der Waals surface area (Å²) in [6, 6.07) is 17.5. The van der Waals surface area contributed by atoms with Gasteiger partial charge in [-0.05, 0) is 24.1 Å². The van der Waals surface area contributed by atoms with Crippen LogP contribution >= 0.6 is 23.2 Å². The van der Waals surface area contributed by atoms with Crippen LogP contribution in [-0.4, -0.2) is 20.6 Å². The monoisotopic (exact) mass is 414 g/mol. The highest BCUT2D eigenvalue weighted by Gasteiger charge is 2.27. The van der Waals surface area contributed by atoms with Gasteiger partial charge in [-0.2, -0.15) is 0 Å². The highest BCUT2D eigenvalue weighted by Crippen LogP contribution is 2.29. The standard InChI is InChI=1S/C22H20Cl2N2O2/c23-19-7-4-8-20(24)18(19)13-25-12-17-10-21(27)22(28)14-26(17)11-16(25)9-15-5-2-1-3-6-15/h1-8,10,14,16,28H,9,11-13H2. The third-order valence-corrected chi connectivity index (χ3v) is 5.93. The normalized spacial score (nSPS) is 16.7. The Labute approximate surface area is 173 Å². The van der Waals surface area contributed by atoms with Crippen LogP contribution in [0.1, 0.15) is 16.8 Å². The minimum absolute atomic E-state index is 0.171. The van der Waals surface area contributed by atoms with E-state index in [2.05, 4.69) is 17.0 Å². The van der Waals surface area contributed by atoms with Crippen molar-refractivity contribution in [2.45, 2.75) is 32.1 Å². The van der Waals surface area contributed by atoms with Crippen molar-refractivity contribution in [3.8, 4) is 5.75 Å². The maximum absolute atomic E-state index is 11.9. The van der Waals surface area contributed by atoms with E-state index in [-0.39, 0.29) is 17.2 Å². The predicted octanol–water partition coefficient (Wildman–Crippen LogP) is 4.49. The minimum atomic E-state index is -0.358. The van der Waals surface area contributed by atoms with Crippen molar-refractivity contribution in [1.29, 1.82) is 0 Å². The van der Waals surface area contributed by atoms with Gasteiger partial charge in [-0.1, -0.05) is 59.6 Å². The molecule has 6 heteroatoms. The minimum Gasteiger partial charge on any atom is -0.503 e. The Hall–Kier alpha value is -2.27. The van der Waals surface area contributed by atoms with Gasteiger partial charge in [-0.25, -0.2) is 0 Å². The fraction of sp³-hybridized carbons (Fsp3) is 0.227. The lowest BCUT2D eigenvalue weighted by Crippen LogP contribution is -2.44. The highest BCUT2D eigenvalue weighted by atomic mass is 35.5. The summed E-state index contributed by atoms with van der Waals surface area (Å²) in [6.07, 6.45) is 2.38. The van der Waals surface area contributed by atoms with Crippen LogP contribution in [0, 0.1) is 0 Å². The zero-order valence-corrected chi connectivity index (χ0v) is 16.7. The Bertz CT molecular complexity index is 1030. The van der Waals surface area contributed by atoms with Crippen LogP contribution in [0.5, 0.6) is 5.75 Å². The summed E-state index contributed by atoms with van der Waals surface area (Å²) in [5, 5.41) is 11.1. The van der Waals surface area contributed by atoms with Crippen molar-refractivity contribution < 1.29 is 5.11 Å². The van der Waals surface area contributed by atoms with Crippen LogP contribution in [-0.2, 0) is 26.1 Å². The molecule has 0 saturated heterocycles. The first-order valence-electron chi connectivity index (χ1n) is 9.14. The molecule has 4 rings (SSSR count). The van der Waals surface area contributed by atoms with Crippen LogP contribution in [0.4, 0.5) is 0 Å². The first-order valence-corrected chi connectivity index (χ1v) is 9.90. The van der Waals surface area contributed by atoms with Crippen LogP contribution in [0.2, 0.25) is 10.0 Å². The molecule has 0 saturated carbocycles. The van der Waals surface area contributed by atoms with E-state index in [4.69, 9.17) is 23.2 Å². The molecule has 1 aromatic heterocycles. The lowest BCUT2D eigenvalue weighted by molar-refractivity contribution is 0.128. The third-order valence-electron chi connectivity index (χ3n) is 5.22. The first kappa shape index (κ1) is 19.1. The summed E-state index contributed by atoms with van der Waals surface area (Å²) in [6.45, 7) is 1.83. The highest BCUT2D eigenvalue weighted by molar-refractivity contribution is 6.35. The number of hydrogen-bond donors (Lipinski definition) is 1. The van der Waals surface area contributed by atoms with E-state index >= 15 is 0 Å². The number of halogens is 2. The molecule has 1 atom stereocenters. The van der Waals surface area contributed by atoms with Gasteiger partial charge in [0.25, 0.3) is 0 Å². The molecule has 28 heavy (non-hydrogen) atoms. The van der Waals surface area contributed by atoms with E-state index in [0.29, 0.717) is 29.7 Å². The summed E-state index contributed by atoms with van der Waals surface area (Å²) in [7, 11) is 0. The Kier molecular flexibility index (Phi) is 5.44. The lowest BCUT2D eigenvalue weighted by atomic mass is 10.0. The number of aromatic hydroxyl groups is 1. The van der Waals surface area contributed by atoms with Gasteiger partial charge in [0, 0.05) is 53.0 Å². The van der Waals surface area contributed by atoms with E-state index in [1.54, 1.807) is 0 Å². The Morgan fingerprint density at radius 2 is 1.75 bits per heavy atom. The molecule has 0 spiro atoms. The van der Waals surface area contributed by atoms with Crippen molar-refractivity contribution in [1.82, 2.24) is 9.47 Å². The number of benzene rings is 2. The summed E-state index contributed by atoms with van der Waals surface area (Å²) >= 11 is 12.8. The number of aromatic nitrogens is 1. The number of pyridine rings is 1. The van der Waals surface area contributed by atoms with Crippen LogP contribution in [0.3, 0.4) is 0 Å². The molecule has 1 aliphatic rings. The van der Waals surface area contributed by atoms with Crippen molar-refractivity contribution in [3.05, 3.63) is 97.9 Å². The van der Waals surface area contributed by atoms with Gasteiger partial charge in [0.2, 0.25) is 5.43 Å². The van der Waals surface area contributed by atoms with E-state index in [1.165, 1.54) is 17.8 Å². The summed E-state index contributed by atoms with van der Waals surface area (Å²) < 4.78 is 1.97. The van der Waals surface area contributed by atoms with Gasteiger partial charge >= 0.3 is 0 Å². The molecular weight excluding hydrogens is 395 g/mol. The summed E-state index contributed by atoms with van der Waals surface area (Å²) in [5.74, 6) is -0.218. The molecule has 1 unspecified atom stereocenters. The second-order valence-corrected chi connectivity index (χ2v) is 7.93. The number of rotatable bonds is 4. The molecule has 0 radical (unpaired) electrons. The predicted molar refractivity (Wildman–Crippen MR) is 112 cm³/mol. The van der Waals surface area contributed by atoms with Gasteiger partial charge in [0.05, 0.1) is 6.20 Å². The zero-order chi connectivity index (χ0) is 19.7. The summed E-state index contributed by atoms with van der Waals surface area (Å²) in [4.78, 5) is 14.2. The van der Waals surface area contributed by atoms with Gasteiger partial charge in [0.1, 0.15) is 0 Å². The maximum Gasteiger partial charge on any atom is 0.223 e. The average molecular weight is 415 g/mol. The van der Waals surface area contributed by atoms with Crippen molar-refractivity contribution in [2.75, 3.05) is 0 Å². The molecule has 1 N–H and O–H groups in total. The Morgan fingerprint density at radius 1 is 1.04 bits per heavy atom. The lowest BCUT2D eigenvalue weighted by Gasteiger charge is -2.38. The molecule has 0 fully saturated rings. The molecule has 0 aliphatic carbocycles. The molecule has 2 aromatic carbocycles. The molecule has 144 valence electrons. The topological polar surface area (TPSA) is 45.5 Å². The van der Waals surface area contributed by atoms with Crippen LogP contribution < -0.4 is 5.43 Å². The van der Waals surface area contributed by atoms with Crippen molar-refractivity contribution in [2.24, 2.45) is 0 Å². The molecule has 1 aliphatic heterocycles. The van der Waals surface area contributed by atoms with Gasteiger partial charge in [-0.15, -0.1) is 0 Å². The molecule has 0 amide bonds. The fourth-order valence-corrected chi connectivity index (χ4v) is 4.26. The second kappa shape index (κ2) is 8.00.